The summed E-state index contributed by atoms with van der Waals surface area (Å²) < 4.78 is 9.54. The average molecular weight is 399 g/mol. The van der Waals surface area contributed by atoms with Gasteiger partial charge in [0, 0.05) is 36.9 Å². The van der Waals surface area contributed by atoms with Crippen molar-refractivity contribution in [2.24, 2.45) is 5.92 Å². The molecule has 0 bridgehead atoms. The zero-order chi connectivity index (χ0) is 20.6. The molecule has 4 rings (SSSR count). The fraction of sp³-hybridized carbons (Fsp3) is 0.571. The van der Waals surface area contributed by atoms with Crippen molar-refractivity contribution >= 4 is 22.7 Å². The van der Waals surface area contributed by atoms with Crippen molar-refractivity contribution in [1.82, 2.24) is 24.3 Å². The normalized spacial score (nSPS) is 21.3. The van der Waals surface area contributed by atoms with Crippen LogP contribution in [0.3, 0.4) is 0 Å². The van der Waals surface area contributed by atoms with Crippen molar-refractivity contribution in [3.8, 4) is 0 Å². The van der Waals surface area contributed by atoms with E-state index in [1.807, 2.05) is 26.2 Å². The average Bonchev–Trinajstić information content (AvgIpc) is 3.37. The molecule has 0 aliphatic carbocycles. The number of ether oxygens (including phenoxy) is 1. The Morgan fingerprint density at radius 3 is 2.79 bits per heavy atom. The number of hydrogen-bond donors (Lipinski definition) is 2. The number of rotatable bonds is 7. The van der Waals surface area contributed by atoms with Crippen molar-refractivity contribution in [3.05, 3.63) is 30.9 Å². The molecular weight excluding hydrogens is 368 g/mol. The van der Waals surface area contributed by atoms with E-state index < -0.39 is 6.29 Å². The summed E-state index contributed by atoms with van der Waals surface area (Å²) in [5.74, 6) is 1.17. The fourth-order valence-electron chi connectivity index (χ4n) is 4.00. The molecule has 0 saturated carbocycles. The minimum Gasteiger partial charge on any atom is -0.366 e. The first kappa shape index (κ1) is 19.8. The van der Waals surface area contributed by atoms with E-state index in [2.05, 4.69) is 46.1 Å². The standard InChI is InChI=1S/C21H30N6O2/c1-5-14(6-2)12-26-8-7-15-10-22-20(25-18(15)26)24-16-11-23-27(13-16)17-9-21(3,4)29-19(17)28/h7-8,10-11,13-14,17,19,28H,5-6,9,12H2,1-4H3,(H,22,24,25). The molecule has 1 saturated heterocycles. The second-order valence-corrected chi connectivity index (χ2v) is 8.50. The van der Waals surface area contributed by atoms with Gasteiger partial charge in [-0.2, -0.15) is 10.1 Å². The van der Waals surface area contributed by atoms with Crippen LogP contribution in [0.15, 0.2) is 30.9 Å². The molecule has 2 atom stereocenters. The van der Waals surface area contributed by atoms with Gasteiger partial charge in [0.05, 0.1) is 17.5 Å². The predicted molar refractivity (Wildman–Crippen MR) is 112 cm³/mol. The minimum absolute atomic E-state index is 0.207. The smallest absolute Gasteiger partial charge is 0.229 e. The van der Waals surface area contributed by atoms with Crippen LogP contribution in [0.5, 0.6) is 0 Å². The number of fused-ring (bicyclic) bond motifs is 1. The lowest BCUT2D eigenvalue weighted by Crippen LogP contribution is -2.20. The van der Waals surface area contributed by atoms with Gasteiger partial charge in [0.2, 0.25) is 5.95 Å². The molecule has 0 spiro atoms. The van der Waals surface area contributed by atoms with Gasteiger partial charge in [-0.1, -0.05) is 26.7 Å². The van der Waals surface area contributed by atoms with E-state index in [0.29, 0.717) is 18.3 Å². The van der Waals surface area contributed by atoms with E-state index in [0.717, 1.165) is 36.1 Å². The summed E-state index contributed by atoms with van der Waals surface area (Å²) in [5.41, 5.74) is 1.35. The number of hydrogen-bond acceptors (Lipinski definition) is 6. The van der Waals surface area contributed by atoms with Crippen LogP contribution >= 0.6 is 0 Å². The molecule has 1 fully saturated rings. The van der Waals surface area contributed by atoms with E-state index in [9.17, 15) is 5.11 Å². The first-order chi connectivity index (χ1) is 13.9. The first-order valence-corrected chi connectivity index (χ1v) is 10.4. The van der Waals surface area contributed by atoms with Crippen LogP contribution in [0.2, 0.25) is 0 Å². The van der Waals surface area contributed by atoms with E-state index in [-0.39, 0.29) is 11.6 Å². The second kappa shape index (κ2) is 7.76. The Labute approximate surface area is 170 Å². The van der Waals surface area contributed by atoms with Crippen molar-refractivity contribution in [2.75, 3.05) is 5.32 Å². The highest BCUT2D eigenvalue weighted by Gasteiger charge is 2.40. The highest BCUT2D eigenvalue weighted by molar-refractivity contribution is 5.76. The molecule has 8 heteroatoms. The summed E-state index contributed by atoms with van der Waals surface area (Å²) in [6.45, 7) is 9.36. The maximum Gasteiger partial charge on any atom is 0.229 e. The molecule has 2 N–H and O–H groups in total. The summed E-state index contributed by atoms with van der Waals surface area (Å²) in [4.78, 5) is 9.16. The lowest BCUT2D eigenvalue weighted by Gasteiger charge is -2.15. The van der Waals surface area contributed by atoms with Crippen LogP contribution in [0.4, 0.5) is 11.6 Å². The topological polar surface area (TPSA) is 90.0 Å². The Morgan fingerprint density at radius 2 is 2.10 bits per heavy atom. The van der Waals surface area contributed by atoms with Crippen LogP contribution in [0.25, 0.3) is 11.0 Å². The molecule has 29 heavy (non-hydrogen) atoms. The maximum atomic E-state index is 10.2. The largest absolute Gasteiger partial charge is 0.366 e. The highest BCUT2D eigenvalue weighted by Crippen LogP contribution is 2.36. The molecule has 0 aromatic carbocycles. The number of aliphatic hydroxyl groups excluding tert-OH is 1. The zero-order valence-corrected chi connectivity index (χ0v) is 17.5. The molecule has 4 heterocycles. The minimum atomic E-state index is -0.862. The summed E-state index contributed by atoms with van der Waals surface area (Å²) in [6, 6.07) is 1.85. The highest BCUT2D eigenvalue weighted by atomic mass is 16.6. The molecule has 0 amide bonds. The zero-order valence-electron chi connectivity index (χ0n) is 17.5. The second-order valence-electron chi connectivity index (χ2n) is 8.50. The number of aliphatic hydroxyl groups is 1. The van der Waals surface area contributed by atoms with Crippen molar-refractivity contribution in [1.29, 1.82) is 0 Å². The third-order valence-corrected chi connectivity index (χ3v) is 5.78. The molecule has 2 unspecified atom stereocenters. The van der Waals surface area contributed by atoms with Gasteiger partial charge in [-0.05, 0) is 25.8 Å². The van der Waals surface area contributed by atoms with Crippen molar-refractivity contribution in [3.63, 3.8) is 0 Å². The van der Waals surface area contributed by atoms with E-state index >= 15 is 0 Å². The number of aromatic nitrogens is 5. The quantitative estimate of drug-likeness (QED) is 0.628. The Morgan fingerprint density at radius 1 is 1.31 bits per heavy atom. The molecule has 156 valence electrons. The summed E-state index contributed by atoms with van der Waals surface area (Å²) in [5, 5.41) is 18.8. The molecule has 0 radical (unpaired) electrons. The van der Waals surface area contributed by atoms with Crippen LogP contribution in [0.1, 0.15) is 53.0 Å². The number of nitrogens with zero attached hydrogens (tertiary/aromatic N) is 5. The Kier molecular flexibility index (Phi) is 5.31. The van der Waals surface area contributed by atoms with Crippen molar-refractivity contribution < 1.29 is 9.84 Å². The molecule has 1 aliphatic rings. The van der Waals surface area contributed by atoms with E-state index in [1.54, 1.807) is 10.9 Å². The monoisotopic (exact) mass is 398 g/mol. The Hall–Kier alpha value is -2.45. The van der Waals surface area contributed by atoms with Gasteiger partial charge in [0.15, 0.2) is 6.29 Å². The lowest BCUT2D eigenvalue weighted by atomic mass is 10.0. The van der Waals surface area contributed by atoms with E-state index in [4.69, 9.17) is 9.72 Å². The molecule has 1 aliphatic heterocycles. The van der Waals surface area contributed by atoms with E-state index in [1.165, 1.54) is 0 Å². The maximum absolute atomic E-state index is 10.2. The number of anilines is 2. The Bertz CT molecular complexity index is 975. The van der Waals surface area contributed by atoms with Gasteiger partial charge in [0.1, 0.15) is 11.7 Å². The lowest BCUT2D eigenvalue weighted by molar-refractivity contribution is -0.134. The fourth-order valence-corrected chi connectivity index (χ4v) is 4.00. The third-order valence-electron chi connectivity index (χ3n) is 5.78. The first-order valence-electron chi connectivity index (χ1n) is 10.4. The van der Waals surface area contributed by atoms with Gasteiger partial charge < -0.3 is 19.7 Å². The van der Waals surface area contributed by atoms with Crippen LogP contribution in [0, 0.1) is 5.92 Å². The molecule has 3 aromatic rings. The summed E-state index contributed by atoms with van der Waals surface area (Å²) >= 11 is 0. The van der Waals surface area contributed by atoms with Crippen LogP contribution in [-0.2, 0) is 11.3 Å². The van der Waals surface area contributed by atoms with Crippen LogP contribution in [-0.4, -0.2) is 41.3 Å². The summed E-state index contributed by atoms with van der Waals surface area (Å²) in [6.07, 6.45) is 9.64. The molecular formula is C21H30N6O2. The summed E-state index contributed by atoms with van der Waals surface area (Å²) in [7, 11) is 0. The van der Waals surface area contributed by atoms with Gasteiger partial charge in [0.25, 0.3) is 0 Å². The Balaban J connectivity index is 1.52. The van der Waals surface area contributed by atoms with Gasteiger partial charge in [-0.15, -0.1) is 0 Å². The van der Waals surface area contributed by atoms with Crippen LogP contribution < -0.4 is 5.32 Å². The third kappa shape index (κ3) is 4.13. The SMILES string of the molecule is CCC(CC)Cn1ccc2cnc(Nc3cnn(C4CC(C)(C)OC4O)c3)nc21. The van der Waals surface area contributed by atoms with Gasteiger partial charge in [-0.25, -0.2) is 4.98 Å². The van der Waals surface area contributed by atoms with Gasteiger partial charge in [-0.3, -0.25) is 4.68 Å². The molecule has 3 aromatic heterocycles. The molecule has 8 nitrogen and oxygen atoms in total. The van der Waals surface area contributed by atoms with Gasteiger partial charge >= 0.3 is 0 Å². The number of nitrogens with one attached hydrogen (secondary N) is 1. The van der Waals surface area contributed by atoms with Crippen molar-refractivity contribution in [2.45, 2.75) is 71.4 Å². The predicted octanol–water partition coefficient (Wildman–Crippen LogP) is 3.87.